The molecule has 0 fully saturated rings. The van der Waals surface area contributed by atoms with Crippen molar-refractivity contribution in [3.8, 4) is 0 Å². The zero-order valence-corrected chi connectivity index (χ0v) is 10.7. The molecular formula is C14H23NO. The second-order valence-electron chi connectivity index (χ2n) is 5.63. The Morgan fingerprint density at radius 3 is 2.12 bits per heavy atom. The molecule has 3 N–H and O–H groups in total. The van der Waals surface area contributed by atoms with Crippen molar-refractivity contribution in [1.82, 2.24) is 0 Å². The quantitative estimate of drug-likeness (QED) is 0.824. The van der Waals surface area contributed by atoms with E-state index in [0.29, 0.717) is 6.42 Å². The number of hydrogen-bond acceptors (Lipinski definition) is 2. The van der Waals surface area contributed by atoms with Crippen molar-refractivity contribution in [2.45, 2.75) is 46.3 Å². The van der Waals surface area contributed by atoms with Gasteiger partial charge < -0.3 is 10.8 Å². The average Bonchev–Trinajstić information content (AvgIpc) is 2.17. The third kappa shape index (κ3) is 3.62. The Morgan fingerprint density at radius 2 is 1.69 bits per heavy atom. The predicted molar refractivity (Wildman–Crippen MR) is 68.2 cm³/mol. The molecule has 0 aliphatic rings. The molecule has 2 nitrogen and oxygen atoms in total. The van der Waals surface area contributed by atoms with Crippen LogP contribution in [0.5, 0.6) is 0 Å². The molecule has 0 heterocycles. The van der Waals surface area contributed by atoms with Crippen LogP contribution >= 0.6 is 0 Å². The molecule has 0 bridgehead atoms. The van der Waals surface area contributed by atoms with Gasteiger partial charge >= 0.3 is 0 Å². The predicted octanol–water partition coefficient (Wildman–Crippen LogP) is 2.79. The highest BCUT2D eigenvalue weighted by Crippen LogP contribution is 2.26. The molecular weight excluding hydrogens is 198 g/mol. The van der Waals surface area contributed by atoms with Gasteiger partial charge in [0.2, 0.25) is 0 Å². The lowest BCUT2D eigenvalue weighted by molar-refractivity contribution is 0.133. The number of rotatable bonds is 3. The minimum Gasteiger partial charge on any atom is -0.388 e. The summed E-state index contributed by atoms with van der Waals surface area (Å²) in [5.41, 5.74) is 8.25. The van der Waals surface area contributed by atoms with Crippen LogP contribution in [0.15, 0.2) is 24.3 Å². The maximum atomic E-state index is 10.1. The van der Waals surface area contributed by atoms with Gasteiger partial charge in [0, 0.05) is 6.04 Å². The fourth-order valence-corrected chi connectivity index (χ4v) is 1.52. The molecule has 90 valence electrons. The third-order valence-electron chi connectivity index (χ3n) is 3.05. The summed E-state index contributed by atoms with van der Waals surface area (Å²) in [6.07, 6.45) is 0.141. The molecule has 2 atom stereocenters. The van der Waals surface area contributed by atoms with Crippen LogP contribution in [0.4, 0.5) is 0 Å². The summed E-state index contributed by atoms with van der Waals surface area (Å²) in [7, 11) is 0. The first-order chi connectivity index (χ1) is 7.30. The second kappa shape index (κ2) is 4.98. The van der Waals surface area contributed by atoms with E-state index >= 15 is 0 Å². The molecule has 1 rings (SSSR count). The van der Waals surface area contributed by atoms with E-state index < -0.39 is 6.10 Å². The van der Waals surface area contributed by atoms with Gasteiger partial charge in [0.1, 0.15) is 0 Å². The highest BCUT2D eigenvalue weighted by molar-refractivity contribution is 5.23. The molecule has 0 saturated heterocycles. The average molecular weight is 221 g/mol. The van der Waals surface area contributed by atoms with Crippen molar-refractivity contribution < 1.29 is 5.11 Å². The lowest BCUT2D eigenvalue weighted by Crippen LogP contribution is -2.36. The largest absolute Gasteiger partial charge is 0.388 e. The highest BCUT2D eigenvalue weighted by atomic mass is 16.3. The summed E-state index contributed by atoms with van der Waals surface area (Å²) in [4.78, 5) is 0. The summed E-state index contributed by atoms with van der Waals surface area (Å²) >= 11 is 0. The lowest BCUT2D eigenvalue weighted by Gasteiger charge is -2.29. The Balaban J connectivity index is 2.65. The fourth-order valence-electron chi connectivity index (χ4n) is 1.52. The molecule has 0 saturated carbocycles. The van der Waals surface area contributed by atoms with Crippen LogP contribution in [0.25, 0.3) is 0 Å². The number of aliphatic hydroxyl groups excluding tert-OH is 1. The van der Waals surface area contributed by atoms with Crippen LogP contribution in [0.1, 0.15) is 44.4 Å². The number of hydrogen-bond donors (Lipinski definition) is 2. The van der Waals surface area contributed by atoms with E-state index in [0.717, 1.165) is 5.56 Å². The van der Waals surface area contributed by atoms with Gasteiger partial charge in [-0.15, -0.1) is 0 Å². The lowest BCUT2D eigenvalue weighted by atomic mass is 9.83. The highest BCUT2D eigenvalue weighted by Gasteiger charge is 2.23. The molecule has 0 spiro atoms. The zero-order chi connectivity index (χ0) is 12.3. The Hall–Kier alpha value is -0.860. The van der Waals surface area contributed by atoms with E-state index in [1.54, 1.807) is 0 Å². The summed E-state index contributed by atoms with van der Waals surface area (Å²) in [5.74, 6) is 0. The normalized spacial score (nSPS) is 15.9. The second-order valence-corrected chi connectivity index (χ2v) is 5.63. The summed E-state index contributed by atoms with van der Waals surface area (Å²) in [5, 5.41) is 10.1. The van der Waals surface area contributed by atoms with E-state index in [9.17, 15) is 5.11 Å². The molecule has 1 aromatic carbocycles. The molecule has 1 aromatic rings. The van der Waals surface area contributed by atoms with Gasteiger partial charge in [-0.25, -0.2) is 0 Å². The molecule has 0 unspecified atom stereocenters. The molecule has 0 aliphatic carbocycles. The van der Waals surface area contributed by atoms with Crippen LogP contribution in [0.3, 0.4) is 0 Å². The van der Waals surface area contributed by atoms with Crippen molar-refractivity contribution in [3.63, 3.8) is 0 Å². The van der Waals surface area contributed by atoms with E-state index in [1.165, 1.54) is 5.56 Å². The van der Waals surface area contributed by atoms with Crippen LogP contribution in [-0.4, -0.2) is 11.1 Å². The minimum atomic E-state index is -0.463. The molecule has 0 amide bonds. The molecule has 2 heteroatoms. The number of nitrogens with two attached hydrogens (primary N) is 1. The summed E-state index contributed by atoms with van der Waals surface area (Å²) in [6, 6.07) is 7.97. The Bertz CT molecular complexity index is 324. The number of aliphatic hydroxyl groups is 1. The van der Waals surface area contributed by atoms with E-state index in [2.05, 4.69) is 20.8 Å². The molecule has 0 radical (unpaired) electrons. The minimum absolute atomic E-state index is 0.00352. The Morgan fingerprint density at radius 1 is 1.19 bits per heavy atom. The molecule has 0 aliphatic heterocycles. The zero-order valence-electron chi connectivity index (χ0n) is 10.7. The number of benzene rings is 1. The smallest absolute Gasteiger partial charge is 0.0805 e. The first-order valence-corrected chi connectivity index (χ1v) is 5.81. The number of aryl methyl sites for hydroxylation is 1. The maximum absolute atomic E-state index is 10.1. The van der Waals surface area contributed by atoms with Crippen LogP contribution in [0, 0.1) is 12.3 Å². The Kier molecular flexibility index (Phi) is 4.11. The van der Waals surface area contributed by atoms with Gasteiger partial charge in [0.25, 0.3) is 0 Å². The van der Waals surface area contributed by atoms with E-state index in [4.69, 9.17) is 5.73 Å². The van der Waals surface area contributed by atoms with Crippen molar-refractivity contribution >= 4 is 0 Å². The van der Waals surface area contributed by atoms with Crippen LogP contribution in [0.2, 0.25) is 0 Å². The van der Waals surface area contributed by atoms with Crippen LogP contribution < -0.4 is 5.73 Å². The van der Waals surface area contributed by atoms with Gasteiger partial charge in [-0.3, -0.25) is 0 Å². The van der Waals surface area contributed by atoms with E-state index in [1.807, 2.05) is 31.2 Å². The first-order valence-electron chi connectivity index (χ1n) is 5.81. The van der Waals surface area contributed by atoms with Gasteiger partial charge in [0.05, 0.1) is 6.10 Å². The molecule has 0 aromatic heterocycles. The first kappa shape index (κ1) is 13.2. The van der Waals surface area contributed by atoms with Crippen molar-refractivity contribution in [1.29, 1.82) is 0 Å². The summed E-state index contributed by atoms with van der Waals surface area (Å²) < 4.78 is 0. The Labute approximate surface area is 98.5 Å². The van der Waals surface area contributed by atoms with Crippen molar-refractivity contribution in [2.24, 2.45) is 11.1 Å². The summed E-state index contributed by atoms with van der Waals surface area (Å²) in [6.45, 7) is 8.33. The maximum Gasteiger partial charge on any atom is 0.0805 e. The molecule has 16 heavy (non-hydrogen) atoms. The SMILES string of the molecule is Cc1ccc([C@H](O)C[C@@H](N)C(C)(C)C)cc1. The van der Waals surface area contributed by atoms with Crippen molar-refractivity contribution in [2.75, 3.05) is 0 Å². The van der Waals surface area contributed by atoms with E-state index in [-0.39, 0.29) is 11.5 Å². The monoisotopic (exact) mass is 221 g/mol. The topological polar surface area (TPSA) is 46.2 Å². The van der Waals surface area contributed by atoms with Crippen LogP contribution in [-0.2, 0) is 0 Å². The van der Waals surface area contributed by atoms with Gasteiger partial charge in [-0.05, 0) is 24.3 Å². The van der Waals surface area contributed by atoms with Crippen molar-refractivity contribution in [3.05, 3.63) is 35.4 Å². The van der Waals surface area contributed by atoms with Gasteiger partial charge in [-0.1, -0.05) is 50.6 Å². The fraction of sp³-hybridized carbons (Fsp3) is 0.571. The standard InChI is InChI=1S/C14H23NO/c1-10-5-7-11(8-6-10)12(16)9-13(15)14(2,3)4/h5-8,12-13,16H,9,15H2,1-4H3/t12-,13-/m1/s1. The van der Waals surface area contributed by atoms with Gasteiger partial charge in [-0.2, -0.15) is 0 Å². The van der Waals surface area contributed by atoms with Gasteiger partial charge in [0.15, 0.2) is 0 Å². The third-order valence-corrected chi connectivity index (χ3v) is 3.05.